The molecule has 128 valence electrons. The number of nitro groups is 1. The number of rotatable bonds is 6. The molecule has 2 atom stereocenters. The average molecular weight is 333 g/mol. The Morgan fingerprint density at radius 1 is 1.18 bits per heavy atom. The van der Waals surface area contributed by atoms with Gasteiger partial charge in [-0.2, -0.15) is 0 Å². The van der Waals surface area contributed by atoms with Crippen molar-refractivity contribution in [3.8, 4) is 0 Å². The van der Waals surface area contributed by atoms with Crippen molar-refractivity contribution in [3.63, 3.8) is 0 Å². The van der Waals surface area contributed by atoms with Crippen molar-refractivity contribution in [2.75, 3.05) is 0 Å². The van der Waals surface area contributed by atoms with Crippen molar-refractivity contribution >= 4 is 7.60 Å². The van der Waals surface area contributed by atoms with Gasteiger partial charge < -0.3 is 9.05 Å². The highest BCUT2D eigenvalue weighted by molar-refractivity contribution is 7.55. The Bertz CT molecular complexity index is 500. The first-order valence-electron chi connectivity index (χ1n) is 7.68. The summed E-state index contributed by atoms with van der Waals surface area (Å²) in [7, 11) is -3.67. The smallest absolute Gasteiger partial charge is 0.305 e. The molecule has 0 spiro atoms. The van der Waals surface area contributed by atoms with E-state index in [4.69, 9.17) is 9.05 Å². The fraction of sp³-hybridized carbons (Fsp3) is 0.867. The minimum absolute atomic E-state index is 0.280. The van der Waals surface area contributed by atoms with Gasteiger partial charge in [-0.3, -0.25) is 14.7 Å². The lowest BCUT2D eigenvalue weighted by Gasteiger charge is -2.42. The first kappa shape index (κ1) is 19.3. The van der Waals surface area contributed by atoms with Gasteiger partial charge in [-0.15, -0.1) is 0 Å². The van der Waals surface area contributed by atoms with Crippen molar-refractivity contribution in [2.24, 2.45) is 0 Å². The van der Waals surface area contributed by atoms with Gasteiger partial charge in [0.15, 0.2) is 0 Å². The first-order valence-corrected chi connectivity index (χ1v) is 9.23. The summed E-state index contributed by atoms with van der Waals surface area (Å²) in [6, 6.07) is -0.973. The van der Waals surface area contributed by atoms with Crippen LogP contribution in [-0.2, 0) is 13.6 Å². The molecule has 1 aliphatic carbocycles. The predicted octanol–water partition coefficient (Wildman–Crippen LogP) is 4.56. The van der Waals surface area contributed by atoms with Gasteiger partial charge in [-0.25, -0.2) is 0 Å². The van der Waals surface area contributed by atoms with Crippen LogP contribution in [0.25, 0.3) is 0 Å². The molecule has 0 aliphatic heterocycles. The Kier molecular flexibility index (Phi) is 5.99. The summed E-state index contributed by atoms with van der Waals surface area (Å²) in [5.74, 6) is 0. The molecule has 0 N–H and O–H groups in total. The topological polar surface area (TPSA) is 78.7 Å². The zero-order valence-electron chi connectivity index (χ0n) is 14.6. The first-order chi connectivity index (χ1) is 9.93. The molecular weight excluding hydrogens is 305 g/mol. The van der Waals surface area contributed by atoms with Crippen molar-refractivity contribution < 1.29 is 18.5 Å². The Morgan fingerprint density at radius 3 is 2.00 bits per heavy atom. The summed E-state index contributed by atoms with van der Waals surface area (Å²) < 4.78 is 24.8. The number of hydrogen-bond donors (Lipinski definition) is 0. The molecule has 1 rings (SSSR count). The lowest BCUT2D eigenvalue weighted by Crippen LogP contribution is -2.48. The molecule has 0 aromatic carbocycles. The van der Waals surface area contributed by atoms with E-state index >= 15 is 0 Å². The third-order valence-corrected chi connectivity index (χ3v) is 7.25. The van der Waals surface area contributed by atoms with E-state index < -0.39 is 18.8 Å². The maximum Gasteiger partial charge on any atom is 0.344 e. The summed E-state index contributed by atoms with van der Waals surface area (Å²) >= 11 is 0. The summed E-state index contributed by atoms with van der Waals surface area (Å²) in [5.41, 5.74) is 2.01. The van der Waals surface area contributed by atoms with Crippen molar-refractivity contribution in [1.82, 2.24) is 0 Å². The number of allylic oxidation sites excluding steroid dienone is 1. The van der Waals surface area contributed by atoms with Gasteiger partial charge in [0.1, 0.15) is 5.16 Å². The highest BCUT2D eigenvalue weighted by Gasteiger charge is 2.60. The molecule has 0 fully saturated rings. The van der Waals surface area contributed by atoms with Crippen LogP contribution in [-0.4, -0.2) is 28.3 Å². The zero-order valence-corrected chi connectivity index (χ0v) is 15.5. The van der Waals surface area contributed by atoms with E-state index in [0.717, 1.165) is 11.1 Å². The standard InChI is InChI=1S/C15H28NO5P/c1-10(2)20-22(19,21-11(3)4)15(7)9-13(6)12(5)8-14(15)16(17)18/h10-11,14H,8-9H2,1-7H3. The van der Waals surface area contributed by atoms with Gasteiger partial charge in [0.05, 0.1) is 12.2 Å². The maximum atomic E-state index is 13.5. The Morgan fingerprint density at radius 2 is 1.64 bits per heavy atom. The molecule has 0 aromatic heterocycles. The molecule has 7 heteroatoms. The van der Waals surface area contributed by atoms with Crippen LogP contribution >= 0.6 is 7.60 Å². The normalized spacial score (nSPS) is 26.9. The van der Waals surface area contributed by atoms with Crippen LogP contribution in [0, 0.1) is 10.1 Å². The molecule has 1 aliphatic rings. The second kappa shape index (κ2) is 6.81. The fourth-order valence-corrected chi connectivity index (χ4v) is 5.51. The molecule has 0 saturated heterocycles. The van der Waals surface area contributed by atoms with E-state index in [9.17, 15) is 14.7 Å². The monoisotopic (exact) mass is 333 g/mol. The molecule has 0 heterocycles. The predicted molar refractivity (Wildman–Crippen MR) is 86.8 cm³/mol. The Labute approximate surface area is 132 Å². The van der Waals surface area contributed by atoms with Crippen molar-refractivity contribution in [1.29, 1.82) is 0 Å². The number of hydrogen-bond acceptors (Lipinski definition) is 5. The van der Waals surface area contributed by atoms with Gasteiger partial charge in [0, 0.05) is 11.3 Å². The van der Waals surface area contributed by atoms with E-state index in [0.29, 0.717) is 6.42 Å². The summed E-state index contributed by atoms with van der Waals surface area (Å²) in [6.45, 7) is 12.5. The van der Waals surface area contributed by atoms with Crippen LogP contribution in [0.15, 0.2) is 11.1 Å². The Balaban J connectivity index is 3.40. The van der Waals surface area contributed by atoms with Crippen molar-refractivity contribution in [3.05, 3.63) is 21.3 Å². The fourth-order valence-electron chi connectivity index (χ4n) is 2.89. The molecular formula is C15H28NO5P. The lowest BCUT2D eigenvalue weighted by molar-refractivity contribution is -0.529. The molecule has 0 saturated carbocycles. The van der Waals surface area contributed by atoms with Crippen LogP contribution in [0.1, 0.15) is 61.3 Å². The van der Waals surface area contributed by atoms with Crippen LogP contribution in [0.2, 0.25) is 0 Å². The molecule has 2 unspecified atom stereocenters. The highest BCUT2D eigenvalue weighted by atomic mass is 31.2. The molecule has 0 amide bonds. The molecule has 6 nitrogen and oxygen atoms in total. The average Bonchev–Trinajstić information content (AvgIpc) is 2.31. The number of nitrogens with zero attached hydrogens (tertiary/aromatic N) is 1. The van der Waals surface area contributed by atoms with Crippen molar-refractivity contribution in [2.45, 2.75) is 84.7 Å². The third kappa shape index (κ3) is 3.79. The van der Waals surface area contributed by atoms with Gasteiger partial charge in [-0.1, -0.05) is 11.1 Å². The van der Waals surface area contributed by atoms with E-state index in [1.807, 2.05) is 13.8 Å². The second-order valence-electron chi connectivity index (χ2n) is 6.91. The molecule has 0 bridgehead atoms. The zero-order chi connectivity index (χ0) is 17.3. The van der Waals surface area contributed by atoms with Gasteiger partial charge >= 0.3 is 7.60 Å². The van der Waals surface area contributed by atoms with Gasteiger partial charge in [0.2, 0.25) is 6.04 Å². The largest absolute Gasteiger partial charge is 0.344 e. The lowest BCUT2D eigenvalue weighted by atomic mass is 9.81. The maximum absolute atomic E-state index is 13.5. The minimum Gasteiger partial charge on any atom is -0.305 e. The van der Waals surface area contributed by atoms with E-state index in [2.05, 4.69) is 0 Å². The van der Waals surface area contributed by atoms with E-state index in [-0.39, 0.29) is 23.6 Å². The van der Waals surface area contributed by atoms with Gasteiger partial charge in [0.25, 0.3) is 0 Å². The summed E-state index contributed by atoms with van der Waals surface area (Å²) in [6.07, 6.45) is -0.0362. The minimum atomic E-state index is -3.67. The van der Waals surface area contributed by atoms with Crippen LogP contribution in [0.3, 0.4) is 0 Å². The highest BCUT2D eigenvalue weighted by Crippen LogP contribution is 2.66. The summed E-state index contributed by atoms with van der Waals surface area (Å²) in [5, 5.41) is 10.4. The molecule has 0 radical (unpaired) electrons. The SMILES string of the molecule is CC1=C(C)CC(C)(P(=O)(OC(C)C)OC(C)C)C([N+](=O)[O-])C1. The molecule has 22 heavy (non-hydrogen) atoms. The Hall–Kier alpha value is -0.710. The van der Waals surface area contributed by atoms with Gasteiger partial charge in [-0.05, 0) is 54.9 Å². The van der Waals surface area contributed by atoms with Crippen LogP contribution in [0.4, 0.5) is 0 Å². The molecule has 0 aromatic rings. The third-order valence-electron chi connectivity index (χ3n) is 4.15. The second-order valence-corrected chi connectivity index (χ2v) is 9.34. The van der Waals surface area contributed by atoms with E-state index in [1.54, 1.807) is 34.6 Å². The van der Waals surface area contributed by atoms with Crippen LogP contribution in [0.5, 0.6) is 0 Å². The van der Waals surface area contributed by atoms with Crippen LogP contribution < -0.4 is 0 Å². The summed E-state index contributed by atoms with van der Waals surface area (Å²) in [4.78, 5) is 11.3. The quantitative estimate of drug-likeness (QED) is 0.308. The van der Waals surface area contributed by atoms with E-state index in [1.165, 1.54) is 0 Å².